The van der Waals surface area contributed by atoms with E-state index in [0.29, 0.717) is 12.0 Å². The van der Waals surface area contributed by atoms with Gasteiger partial charge in [0.25, 0.3) is 0 Å². The molecule has 1 nitrogen and oxygen atoms in total. The minimum atomic E-state index is -1.07. The van der Waals surface area contributed by atoms with Crippen molar-refractivity contribution in [1.29, 1.82) is 0 Å². The van der Waals surface area contributed by atoms with Gasteiger partial charge in [0.15, 0.2) is 12.5 Å². The third-order valence-electron chi connectivity index (χ3n) is 3.55. The molecule has 0 aliphatic carbocycles. The van der Waals surface area contributed by atoms with E-state index in [-0.39, 0.29) is 5.56 Å². The molecule has 0 aliphatic heterocycles. The van der Waals surface area contributed by atoms with Gasteiger partial charge in [-0.2, -0.15) is 0 Å². The number of alkyl halides is 1. The molecule has 0 radical (unpaired) electrons. The lowest BCUT2D eigenvalue weighted by Crippen LogP contribution is -2.03. The predicted octanol–water partition coefficient (Wildman–Crippen LogP) is 5.27. The van der Waals surface area contributed by atoms with Crippen LogP contribution in [0.5, 0.6) is 0 Å². The zero-order chi connectivity index (χ0) is 14.8. The minimum absolute atomic E-state index is 0.119. The summed E-state index contributed by atoms with van der Waals surface area (Å²) in [5, 5.41) is 0. The maximum Gasteiger partial charge on any atom is 0.193 e. The molecule has 0 atom stereocenters. The molecule has 20 heavy (non-hydrogen) atoms. The van der Waals surface area contributed by atoms with Gasteiger partial charge in [-0.15, -0.1) is 0 Å². The number of ketones is 1. The quantitative estimate of drug-likeness (QED) is 0.422. The number of hydrogen-bond acceptors (Lipinski definition) is 1. The van der Waals surface area contributed by atoms with Gasteiger partial charge in [0.2, 0.25) is 0 Å². The zero-order valence-corrected chi connectivity index (χ0v) is 12.3. The smallest absolute Gasteiger partial charge is 0.193 e. The fraction of sp³-hybridized carbons (Fsp3) is 0.588. The Balaban J connectivity index is 2.32. The molecule has 3 heteroatoms. The van der Waals surface area contributed by atoms with Crippen LogP contribution in [0.4, 0.5) is 8.78 Å². The molecular formula is C17H24F2O. The van der Waals surface area contributed by atoms with Gasteiger partial charge in [-0.05, 0) is 24.5 Å². The normalized spacial score (nSPS) is 10.8. The van der Waals surface area contributed by atoms with Crippen LogP contribution >= 0.6 is 0 Å². The lowest BCUT2D eigenvalue weighted by atomic mass is 10.0. The fourth-order valence-electron chi connectivity index (χ4n) is 2.27. The number of benzene rings is 1. The lowest BCUT2D eigenvalue weighted by Gasteiger charge is -2.05. The van der Waals surface area contributed by atoms with Crippen LogP contribution in [-0.2, 0) is 6.42 Å². The maximum absolute atomic E-state index is 13.7. The average Bonchev–Trinajstić information content (AvgIpc) is 2.46. The maximum atomic E-state index is 13.7. The Labute approximate surface area is 120 Å². The third-order valence-corrected chi connectivity index (χ3v) is 3.55. The molecule has 0 heterocycles. The van der Waals surface area contributed by atoms with Crippen LogP contribution in [0, 0.1) is 5.82 Å². The molecule has 0 aliphatic rings. The van der Waals surface area contributed by atoms with E-state index >= 15 is 0 Å². The fourth-order valence-corrected chi connectivity index (χ4v) is 2.27. The molecule has 0 aromatic heterocycles. The zero-order valence-electron chi connectivity index (χ0n) is 12.3. The van der Waals surface area contributed by atoms with Crippen molar-refractivity contribution in [2.45, 2.75) is 58.3 Å². The number of carbonyl (C=O) groups excluding carboxylic acids is 1. The van der Waals surface area contributed by atoms with Crippen molar-refractivity contribution in [3.8, 4) is 0 Å². The van der Waals surface area contributed by atoms with Gasteiger partial charge in [-0.25, -0.2) is 8.78 Å². The molecule has 0 bridgehead atoms. The van der Waals surface area contributed by atoms with Crippen LogP contribution in [0.3, 0.4) is 0 Å². The molecule has 0 saturated heterocycles. The largest absolute Gasteiger partial charge is 0.291 e. The first-order valence-corrected chi connectivity index (χ1v) is 7.56. The molecule has 0 spiro atoms. The van der Waals surface area contributed by atoms with Crippen molar-refractivity contribution in [2.75, 3.05) is 6.67 Å². The van der Waals surface area contributed by atoms with Crippen LogP contribution in [-0.4, -0.2) is 12.5 Å². The summed E-state index contributed by atoms with van der Waals surface area (Å²) in [6.07, 6.45) is 9.01. The number of rotatable bonds is 10. The van der Waals surface area contributed by atoms with Crippen LogP contribution in [0.25, 0.3) is 0 Å². The third kappa shape index (κ3) is 5.81. The second kappa shape index (κ2) is 9.62. The van der Waals surface area contributed by atoms with E-state index in [2.05, 4.69) is 6.92 Å². The summed E-state index contributed by atoms with van der Waals surface area (Å²) in [5.41, 5.74) is 0.738. The van der Waals surface area contributed by atoms with E-state index in [4.69, 9.17) is 0 Å². The number of unbranched alkanes of at least 4 members (excludes halogenated alkanes) is 6. The number of hydrogen-bond donors (Lipinski definition) is 0. The molecule has 1 aromatic carbocycles. The highest BCUT2D eigenvalue weighted by atomic mass is 19.1. The van der Waals surface area contributed by atoms with E-state index in [0.717, 1.165) is 18.9 Å². The van der Waals surface area contributed by atoms with Gasteiger partial charge < -0.3 is 0 Å². The number of carbonyl (C=O) groups is 1. The van der Waals surface area contributed by atoms with Crippen molar-refractivity contribution >= 4 is 5.78 Å². The molecule has 112 valence electrons. The highest BCUT2D eigenvalue weighted by molar-refractivity contribution is 5.97. The number of aryl methyl sites for hydroxylation is 1. The first-order valence-electron chi connectivity index (χ1n) is 7.56. The van der Waals surface area contributed by atoms with E-state index in [1.807, 2.05) is 0 Å². The highest BCUT2D eigenvalue weighted by Gasteiger charge is 2.09. The lowest BCUT2D eigenvalue weighted by molar-refractivity contribution is 0.0958. The molecule has 1 rings (SSSR count). The Hall–Kier alpha value is -1.25. The Morgan fingerprint density at radius 3 is 2.30 bits per heavy atom. The van der Waals surface area contributed by atoms with Crippen molar-refractivity contribution < 1.29 is 13.6 Å². The molecule has 0 amide bonds. The van der Waals surface area contributed by atoms with Crippen molar-refractivity contribution in [2.24, 2.45) is 0 Å². The minimum Gasteiger partial charge on any atom is -0.291 e. The second-order valence-electron chi connectivity index (χ2n) is 5.23. The van der Waals surface area contributed by atoms with Crippen LogP contribution in [0.2, 0.25) is 0 Å². The van der Waals surface area contributed by atoms with Gasteiger partial charge in [-0.3, -0.25) is 4.79 Å². The Bertz CT molecular complexity index is 415. The Kier molecular flexibility index (Phi) is 8.08. The van der Waals surface area contributed by atoms with Crippen molar-refractivity contribution in [3.63, 3.8) is 0 Å². The highest BCUT2D eigenvalue weighted by Crippen LogP contribution is 2.15. The number of halogens is 2. The Morgan fingerprint density at radius 2 is 1.70 bits per heavy atom. The summed E-state index contributed by atoms with van der Waals surface area (Å²) >= 11 is 0. The van der Waals surface area contributed by atoms with E-state index in [1.54, 1.807) is 6.07 Å². The summed E-state index contributed by atoms with van der Waals surface area (Å²) in [6, 6.07) is 4.27. The summed E-state index contributed by atoms with van der Waals surface area (Å²) in [7, 11) is 0. The first-order chi connectivity index (χ1) is 9.69. The standard InChI is InChI=1S/C17H24F2O/c1-2-3-4-5-6-7-8-9-14-10-11-15(12-16(14)19)17(20)13-18/h10-12H,2-9,13H2,1H3. The summed E-state index contributed by atoms with van der Waals surface area (Å²) in [6.45, 7) is 1.12. The van der Waals surface area contributed by atoms with E-state index < -0.39 is 18.3 Å². The predicted molar refractivity (Wildman–Crippen MR) is 78.4 cm³/mol. The average molecular weight is 282 g/mol. The van der Waals surface area contributed by atoms with Gasteiger partial charge >= 0.3 is 0 Å². The molecule has 1 aromatic rings. The van der Waals surface area contributed by atoms with E-state index in [1.165, 1.54) is 38.2 Å². The van der Waals surface area contributed by atoms with Crippen LogP contribution in [0.15, 0.2) is 18.2 Å². The second-order valence-corrected chi connectivity index (χ2v) is 5.23. The van der Waals surface area contributed by atoms with Crippen molar-refractivity contribution in [1.82, 2.24) is 0 Å². The monoisotopic (exact) mass is 282 g/mol. The van der Waals surface area contributed by atoms with Crippen molar-refractivity contribution in [3.05, 3.63) is 35.1 Å². The summed E-state index contributed by atoms with van der Waals surface area (Å²) in [5.74, 6) is -1.05. The van der Waals surface area contributed by atoms with Gasteiger partial charge in [0.1, 0.15) is 5.82 Å². The molecule has 0 unspecified atom stereocenters. The molecule has 0 fully saturated rings. The SMILES string of the molecule is CCCCCCCCCc1ccc(C(=O)CF)cc1F. The van der Waals surface area contributed by atoms with Gasteiger partial charge in [0, 0.05) is 5.56 Å². The first kappa shape index (κ1) is 16.8. The topological polar surface area (TPSA) is 17.1 Å². The molecular weight excluding hydrogens is 258 g/mol. The van der Waals surface area contributed by atoms with Crippen LogP contribution in [0.1, 0.15) is 67.8 Å². The Morgan fingerprint density at radius 1 is 1.05 bits per heavy atom. The number of Topliss-reactive ketones (excluding diaryl/α,β-unsaturated/α-hetero) is 1. The van der Waals surface area contributed by atoms with Gasteiger partial charge in [0.05, 0.1) is 0 Å². The van der Waals surface area contributed by atoms with Gasteiger partial charge in [-0.1, -0.05) is 57.6 Å². The van der Waals surface area contributed by atoms with E-state index in [9.17, 15) is 13.6 Å². The molecule has 0 N–H and O–H groups in total. The summed E-state index contributed by atoms with van der Waals surface area (Å²) < 4.78 is 26.0. The van der Waals surface area contributed by atoms with Crippen LogP contribution < -0.4 is 0 Å². The molecule has 0 saturated carbocycles. The summed E-state index contributed by atoms with van der Waals surface area (Å²) in [4.78, 5) is 11.1.